The number of nitriles is 1. The summed E-state index contributed by atoms with van der Waals surface area (Å²) < 4.78 is 0. The highest BCUT2D eigenvalue weighted by Crippen LogP contribution is 2.25. The smallest absolute Gasteiger partial charge is 0.100 e. The zero-order valence-electron chi connectivity index (χ0n) is 8.93. The summed E-state index contributed by atoms with van der Waals surface area (Å²) in [5, 5.41) is 9.68. The van der Waals surface area contributed by atoms with Crippen LogP contribution in [0, 0.1) is 11.3 Å². The molecule has 0 atom stereocenters. The lowest BCUT2D eigenvalue weighted by Crippen LogP contribution is -1.85. The maximum Gasteiger partial charge on any atom is 0.100 e. The number of benzene rings is 1. The third kappa shape index (κ3) is 3.23. The van der Waals surface area contributed by atoms with Crippen LogP contribution in [0.1, 0.15) is 11.1 Å². The van der Waals surface area contributed by atoms with Gasteiger partial charge in [0.15, 0.2) is 0 Å². The summed E-state index contributed by atoms with van der Waals surface area (Å²) >= 11 is 7.42. The first kappa shape index (κ1) is 12.0. The molecule has 1 aromatic heterocycles. The van der Waals surface area contributed by atoms with Gasteiger partial charge in [-0.25, -0.2) is 0 Å². The Morgan fingerprint density at radius 3 is 2.71 bits per heavy atom. The highest BCUT2D eigenvalue weighted by Gasteiger charge is 2.02. The molecule has 4 heteroatoms. The van der Waals surface area contributed by atoms with Gasteiger partial charge >= 0.3 is 0 Å². The number of nitrogens with zero attached hydrogens (tertiary/aromatic N) is 2. The van der Waals surface area contributed by atoms with Crippen LogP contribution < -0.4 is 0 Å². The van der Waals surface area contributed by atoms with E-state index < -0.39 is 0 Å². The summed E-state index contributed by atoms with van der Waals surface area (Å²) in [5.74, 6) is 0.803. The van der Waals surface area contributed by atoms with E-state index in [4.69, 9.17) is 16.9 Å². The third-order valence-electron chi connectivity index (χ3n) is 2.21. The molecule has 84 valence electrons. The van der Waals surface area contributed by atoms with Crippen LogP contribution >= 0.6 is 23.4 Å². The van der Waals surface area contributed by atoms with E-state index in [-0.39, 0.29) is 0 Å². The quantitative estimate of drug-likeness (QED) is 0.786. The number of aromatic nitrogens is 1. The molecule has 0 aliphatic carbocycles. The van der Waals surface area contributed by atoms with E-state index >= 15 is 0 Å². The minimum atomic E-state index is 0.666. The molecule has 0 fully saturated rings. The molecule has 0 saturated carbocycles. The molecule has 0 aliphatic rings. The van der Waals surface area contributed by atoms with Gasteiger partial charge in [-0.15, -0.1) is 11.8 Å². The Kier molecular flexibility index (Phi) is 4.03. The fourth-order valence-corrected chi connectivity index (χ4v) is 2.37. The van der Waals surface area contributed by atoms with Crippen molar-refractivity contribution in [1.29, 1.82) is 5.26 Å². The summed E-state index contributed by atoms with van der Waals surface area (Å²) in [7, 11) is 0. The second kappa shape index (κ2) is 5.72. The predicted octanol–water partition coefficient (Wildman–Crippen LogP) is 3.90. The Hall–Kier alpha value is -1.50. The second-order valence-corrected chi connectivity index (χ2v) is 4.85. The molecule has 17 heavy (non-hydrogen) atoms. The van der Waals surface area contributed by atoms with Crippen molar-refractivity contribution in [2.45, 2.75) is 10.6 Å². The number of hydrogen-bond donors (Lipinski definition) is 0. The van der Waals surface area contributed by atoms with Crippen LogP contribution in [0.25, 0.3) is 0 Å². The molecular weight excluding hydrogens is 252 g/mol. The standard InChI is InChI=1S/C13H9ClN2S/c14-12-3-1-10(2-4-12)9-17-13-8-16-6-5-11(13)7-15/h1-6,8H,9H2. The maximum atomic E-state index is 8.94. The molecule has 0 spiro atoms. The highest BCUT2D eigenvalue weighted by atomic mass is 35.5. The number of pyridine rings is 1. The SMILES string of the molecule is N#Cc1ccncc1SCc1ccc(Cl)cc1. The van der Waals surface area contributed by atoms with E-state index in [2.05, 4.69) is 11.1 Å². The summed E-state index contributed by atoms with van der Waals surface area (Å²) in [5.41, 5.74) is 1.84. The van der Waals surface area contributed by atoms with Crippen molar-refractivity contribution in [3.8, 4) is 6.07 Å². The average Bonchev–Trinajstić information content (AvgIpc) is 2.38. The molecule has 0 aliphatic heterocycles. The molecule has 0 saturated heterocycles. The normalized spacial score (nSPS) is 9.88. The Labute approximate surface area is 109 Å². The molecule has 2 rings (SSSR count). The van der Waals surface area contributed by atoms with Crippen LogP contribution in [0.5, 0.6) is 0 Å². The molecule has 0 radical (unpaired) electrons. The van der Waals surface area contributed by atoms with E-state index in [9.17, 15) is 0 Å². The number of halogens is 1. The minimum absolute atomic E-state index is 0.666. The molecule has 0 N–H and O–H groups in total. The van der Waals surface area contributed by atoms with Crippen molar-refractivity contribution in [2.24, 2.45) is 0 Å². The Morgan fingerprint density at radius 2 is 2.00 bits per heavy atom. The van der Waals surface area contributed by atoms with Crippen molar-refractivity contribution in [3.05, 3.63) is 58.9 Å². The molecule has 0 bridgehead atoms. The van der Waals surface area contributed by atoms with Gasteiger partial charge in [0, 0.05) is 28.1 Å². The van der Waals surface area contributed by atoms with Crippen LogP contribution in [0.3, 0.4) is 0 Å². The van der Waals surface area contributed by atoms with Crippen LogP contribution in [0.4, 0.5) is 0 Å². The van der Waals surface area contributed by atoms with Gasteiger partial charge in [-0.1, -0.05) is 23.7 Å². The fourth-order valence-electron chi connectivity index (χ4n) is 1.33. The lowest BCUT2D eigenvalue weighted by Gasteiger charge is -2.03. The Bertz CT molecular complexity index is 546. The summed E-state index contributed by atoms with van der Waals surface area (Å²) in [6, 6.07) is 11.6. The van der Waals surface area contributed by atoms with E-state index in [1.807, 2.05) is 24.3 Å². The average molecular weight is 261 g/mol. The number of rotatable bonds is 3. The minimum Gasteiger partial charge on any atom is -0.263 e. The van der Waals surface area contributed by atoms with Gasteiger partial charge in [-0.3, -0.25) is 4.98 Å². The van der Waals surface area contributed by atoms with Crippen molar-refractivity contribution in [1.82, 2.24) is 4.98 Å². The van der Waals surface area contributed by atoms with E-state index in [1.54, 1.807) is 30.2 Å². The third-order valence-corrected chi connectivity index (χ3v) is 3.58. The monoisotopic (exact) mass is 260 g/mol. The van der Waals surface area contributed by atoms with Crippen molar-refractivity contribution < 1.29 is 0 Å². The van der Waals surface area contributed by atoms with Gasteiger partial charge in [0.25, 0.3) is 0 Å². The zero-order chi connectivity index (χ0) is 12.1. The predicted molar refractivity (Wildman–Crippen MR) is 70.0 cm³/mol. The molecule has 2 aromatic rings. The fraction of sp³-hybridized carbons (Fsp3) is 0.0769. The van der Waals surface area contributed by atoms with Gasteiger partial charge in [-0.05, 0) is 23.8 Å². The zero-order valence-corrected chi connectivity index (χ0v) is 10.5. The van der Waals surface area contributed by atoms with E-state index in [0.29, 0.717) is 5.56 Å². The van der Waals surface area contributed by atoms with Crippen LogP contribution in [-0.4, -0.2) is 4.98 Å². The van der Waals surface area contributed by atoms with Gasteiger partial charge in [0.2, 0.25) is 0 Å². The van der Waals surface area contributed by atoms with Crippen LogP contribution in [0.15, 0.2) is 47.6 Å². The first-order chi connectivity index (χ1) is 8.29. The summed E-state index contributed by atoms with van der Waals surface area (Å²) in [6.07, 6.45) is 3.35. The maximum absolute atomic E-state index is 8.94. The molecule has 2 nitrogen and oxygen atoms in total. The van der Waals surface area contributed by atoms with Crippen molar-refractivity contribution >= 4 is 23.4 Å². The summed E-state index contributed by atoms with van der Waals surface area (Å²) in [4.78, 5) is 4.93. The van der Waals surface area contributed by atoms with Crippen LogP contribution in [0.2, 0.25) is 5.02 Å². The van der Waals surface area contributed by atoms with E-state index in [1.165, 1.54) is 5.56 Å². The molecule has 1 aromatic carbocycles. The molecule has 0 unspecified atom stereocenters. The second-order valence-electron chi connectivity index (χ2n) is 3.40. The van der Waals surface area contributed by atoms with Crippen molar-refractivity contribution in [3.63, 3.8) is 0 Å². The first-order valence-electron chi connectivity index (χ1n) is 5.01. The van der Waals surface area contributed by atoms with Gasteiger partial charge in [-0.2, -0.15) is 5.26 Å². The molecule has 0 amide bonds. The van der Waals surface area contributed by atoms with Gasteiger partial charge < -0.3 is 0 Å². The first-order valence-corrected chi connectivity index (χ1v) is 6.37. The van der Waals surface area contributed by atoms with Crippen molar-refractivity contribution in [2.75, 3.05) is 0 Å². The Morgan fingerprint density at radius 1 is 1.24 bits per heavy atom. The topological polar surface area (TPSA) is 36.7 Å². The summed E-state index contributed by atoms with van der Waals surface area (Å²) in [6.45, 7) is 0. The number of thioether (sulfide) groups is 1. The van der Waals surface area contributed by atoms with Gasteiger partial charge in [0.05, 0.1) is 5.56 Å². The lowest BCUT2D eigenvalue weighted by atomic mass is 10.2. The van der Waals surface area contributed by atoms with Crippen LogP contribution in [-0.2, 0) is 5.75 Å². The van der Waals surface area contributed by atoms with E-state index in [0.717, 1.165) is 15.7 Å². The molecule has 1 heterocycles. The highest BCUT2D eigenvalue weighted by molar-refractivity contribution is 7.98. The Balaban J connectivity index is 2.08. The number of hydrogen-bond acceptors (Lipinski definition) is 3. The molecular formula is C13H9ClN2S. The van der Waals surface area contributed by atoms with Gasteiger partial charge in [0.1, 0.15) is 6.07 Å². The largest absolute Gasteiger partial charge is 0.263 e. The lowest BCUT2D eigenvalue weighted by molar-refractivity contribution is 1.21.